The first-order chi connectivity index (χ1) is 13.5. The molecule has 28 heavy (non-hydrogen) atoms. The molecule has 2 heterocycles. The lowest BCUT2D eigenvalue weighted by Gasteiger charge is -2.13. The summed E-state index contributed by atoms with van der Waals surface area (Å²) in [6, 6.07) is 5.78. The minimum atomic E-state index is -0.0419. The van der Waals surface area contributed by atoms with Crippen LogP contribution in [0.1, 0.15) is 42.1 Å². The molecule has 0 unspecified atom stereocenters. The average Bonchev–Trinajstić information content (AvgIpc) is 3.25. The van der Waals surface area contributed by atoms with Gasteiger partial charge in [0.2, 0.25) is 0 Å². The molecule has 0 saturated carbocycles. The van der Waals surface area contributed by atoms with Gasteiger partial charge in [-0.2, -0.15) is 0 Å². The summed E-state index contributed by atoms with van der Waals surface area (Å²) < 4.78 is 11.2. The third kappa shape index (κ3) is 3.69. The SMILES string of the molecule is COc1ccc(/C=C/c2nc3sc4c(c3c(=O)[nH]2)CCC4)cc1OCC(C)C. The van der Waals surface area contributed by atoms with Crippen molar-refractivity contribution in [1.82, 2.24) is 9.97 Å². The van der Waals surface area contributed by atoms with Crippen LogP contribution in [0, 0.1) is 5.92 Å². The molecular weight excluding hydrogens is 372 g/mol. The monoisotopic (exact) mass is 396 g/mol. The molecule has 0 amide bonds. The molecule has 4 rings (SSSR count). The third-order valence-corrected chi connectivity index (χ3v) is 5.97. The number of rotatable bonds is 6. The van der Waals surface area contributed by atoms with Crippen LogP contribution < -0.4 is 15.0 Å². The van der Waals surface area contributed by atoms with E-state index >= 15 is 0 Å². The van der Waals surface area contributed by atoms with Crippen molar-refractivity contribution in [3.63, 3.8) is 0 Å². The van der Waals surface area contributed by atoms with E-state index < -0.39 is 0 Å². The Kier molecular flexibility index (Phi) is 5.22. The Morgan fingerprint density at radius 3 is 2.89 bits per heavy atom. The third-order valence-electron chi connectivity index (χ3n) is 4.79. The summed E-state index contributed by atoms with van der Waals surface area (Å²) in [4.78, 5) is 22.3. The van der Waals surface area contributed by atoms with Gasteiger partial charge in [0.05, 0.1) is 19.1 Å². The molecule has 1 aliphatic rings. The Balaban J connectivity index is 1.62. The Morgan fingerprint density at radius 2 is 2.11 bits per heavy atom. The van der Waals surface area contributed by atoms with Gasteiger partial charge in [-0.15, -0.1) is 11.3 Å². The van der Waals surface area contributed by atoms with Crippen LogP contribution in [-0.2, 0) is 12.8 Å². The van der Waals surface area contributed by atoms with Crippen molar-refractivity contribution < 1.29 is 9.47 Å². The first-order valence-corrected chi connectivity index (χ1v) is 10.4. The zero-order valence-corrected chi connectivity index (χ0v) is 17.2. The summed E-state index contributed by atoms with van der Waals surface area (Å²) in [7, 11) is 1.63. The highest BCUT2D eigenvalue weighted by atomic mass is 32.1. The van der Waals surface area contributed by atoms with E-state index in [1.165, 1.54) is 10.4 Å². The van der Waals surface area contributed by atoms with Gasteiger partial charge in [-0.25, -0.2) is 4.98 Å². The fourth-order valence-corrected chi connectivity index (χ4v) is 4.71. The molecule has 0 saturated heterocycles. The van der Waals surface area contributed by atoms with Crippen LogP contribution in [0.4, 0.5) is 0 Å². The maximum Gasteiger partial charge on any atom is 0.260 e. The molecule has 1 N–H and O–H groups in total. The maximum atomic E-state index is 12.6. The molecule has 0 atom stereocenters. The molecule has 0 bridgehead atoms. The number of aromatic nitrogens is 2. The lowest BCUT2D eigenvalue weighted by atomic mass is 10.1. The number of ether oxygens (including phenoxy) is 2. The molecule has 0 radical (unpaired) electrons. The topological polar surface area (TPSA) is 64.2 Å². The van der Waals surface area contributed by atoms with Crippen LogP contribution in [0.15, 0.2) is 23.0 Å². The quantitative estimate of drug-likeness (QED) is 0.657. The molecule has 6 heteroatoms. The largest absolute Gasteiger partial charge is 0.493 e. The average molecular weight is 397 g/mol. The van der Waals surface area contributed by atoms with Crippen molar-refractivity contribution in [2.75, 3.05) is 13.7 Å². The first-order valence-electron chi connectivity index (χ1n) is 9.58. The van der Waals surface area contributed by atoms with Crippen molar-refractivity contribution in [3.05, 3.63) is 50.4 Å². The summed E-state index contributed by atoms with van der Waals surface area (Å²) in [5.74, 6) is 2.42. The number of H-pyrrole nitrogens is 1. The molecule has 0 aliphatic heterocycles. The number of aryl methyl sites for hydroxylation is 2. The Morgan fingerprint density at radius 1 is 1.25 bits per heavy atom. The zero-order valence-electron chi connectivity index (χ0n) is 16.4. The lowest BCUT2D eigenvalue weighted by molar-refractivity contribution is 0.257. The van der Waals surface area contributed by atoms with Gasteiger partial charge in [0, 0.05) is 4.88 Å². The van der Waals surface area contributed by atoms with Crippen molar-refractivity contribution in [3.8, 4) is 11.5 Å². The summed E-state index contributed by atoms with van der Waals surface area (Å²) in [6.45, 7) is 4.84. The highest BCUT2D eigenvalue weighted by Crippen LogP contribution is 2.34. The lowest BCUT2D eigenvalue weighted by Crippen LogP contribution is -2.09. The van der Waals surface area contributed by atoms with Crippen molar-refractivity contribution >= 4 is 33.7 Å². The number of nitrogens with zero attached hydrogens (tertiary/aromatic N) is 1. The van der Waals surface area contributed by atoms with E-state index in [2.05, 4.69) is 23.8 Å². The van der Waals surface area contributed by atoms with E-state index in [9.17, 15) is 4.79 Å². The van der Waals surface area contributed by atoms with Crippen LogP contribution in [-0.4, -0.2) is 23.7 Å². The van der Waals surface area contributed by atoms with E-state index in [1.54, 1.807) is 18.4 Å². The van der Waals surface area contributed by atoms with Gasteiger partial charge in [-0.1, -0.05) is 26.0 Å². The molecule has 0 spiro atoms. The van der Waals surface area contributed by atoms with E-state index in [1.807, 2.05) is 30.4 Å². The van der Waals surface area contributed by atoms with Gasteiger partial charge >= 0.3 is 0 Å². The van der Waals surface area contributed by atoms with Crippen LogP contribution in [0.5, 0.6) is 11.5 Å². The number of nitrogens with one attached hydrogen (secondary N) is 1. The number of benzene rings is 1. The second kappa shape index (κ2) is 7.80. The minimum absolute atomic E-state index is 0.0419. The number of aromatic amines is 1. The van der Waals surface area contributed by atoms with Gasteiger partial charge in [0.1, 0.15) is 10.7 Å². The number of hydrogen-bond donors (Lipinski definition) is 1. The molecule has 1 aliphatic carbocycles. The predicted molar refractivity (Wildman–Crippen MR) is 115 cm³/mol. The van der Waals surface area contributed by atoms with Gasteiger partial charge in [0.15, 0.2) is 11.5 Å². The molecular formula is C22H24N2O3S. The molecule has 146 valence electrons. The normalized spacial score (nSPS) is 13.6. The standard InChI is InChI=1S/C22H24N2O3S/c1-13(2)12-27-17-11-14(7-9-16(17)26-3)8-10-19-23-21(25)20-15-5-4-6-18(15)28-22(20)24-19/h7-11,13H,4-6,12H2,1-3H3,(H,23,24,25)/b10-8+. The van der Waals surface area contributed by atoms with Crippen LogP contribution in [0.25, 0.3) is 22.4 Å². The maximum absolute atomic E-state index is 12.6. The Labute approximate surface area is 168 Å². The first kappa shape index (κ1) is 18.7. The van der Waals surface area contributed by atoms with E-state index in [-0.39, 0.29) is 5.56 Å². The summed E-state index contributed by atoms with van der Waals surface area (Å²) in [5, 5.41) is 0.781. The molecule has 1 aromatic carbocycles. The van der Waals surface area contributed by atoms with Crippen molar-refractivity contribution in [2.45, 2.75) is 33.1 Å². The van der Waals surface area contributed by atoms with Crippen molar-refractivity contribution in [2.24, 2.45) is 5.92 Å². The van der Waals surface area contributed by atoms with E-state index in [0.717, 1.165) is 35.0 Å². The van der Waals surface area contributed by atoms with Crippen LogP contribution >= 0.6 is 11.3 Å². The van der Waals surface area contributed by atoms with E-state index in [0.29, 0.717) is 29.8 Å². The second-order valence-electron chi connectivity index (χ2n) is 7.44. The van der Waals surface area contributed by atoms with Gasteiger partial charge in [0.25, 0.3) is 5.56 Å². The predicted octanol–water partition coefficient (Wildman–Crippen LogP) is 4.69. The molecule has 2 aromatic heterocycles. The van der Waals surface area contributed by atoms with Gasteiger partial charge in [-0.3, -0.25) is 4.79 Å². The zero-order chi connectivity index (χ0) is 19.7. The fraction of sp³-hybridized carbons (Fsp3) is 0.364. The minimum Gasteiger partial charge on any atom is -0.493 e. The van der Waals surface area contributed by atoms with Crippen LogP contribution in [0.2, 0.25) is 0 Å². The van der Waals surface area contributed by atoms with Gasteiger partial charge < -0.3 is 14.5 Å². The molecule has 0 fully saturated rings. The van der Waals surface area contributed by atoms with Crippen molar-refractivity contribution in [1.29, 1.82) is 0 Å². The fourth-order valence-electron chi connectivity index (χ4n) is 3.44. The number of hydrogen-bond acceptors (Lipinski definition) is 5. The molecule has 5 nitrogen and oxygen atoms in total. The number of thiophene rings is 1. The summed E-state index contributed by atoms with van der Waals surface area (Å²) >= 11 is 1.65. The molecule has 3 aromatic rings. The number of fused-ring (bicyclic) bond motifs is 3. The highest BCUT2D eigenvalue weighted by molar-refractivity contribution is 7.18. The summed E-state index contributed by atoms with van der Waals surface area (Å²) in [5.41, 5.74) is 2.11. The summed E-state index contributed by atoms with van der Waals surface area (Å²) in [6.07, 6.45) is 6.94. The number of methoxy groups -OCH3 is 1. The van der Waals surface area contributed by atoms with E-state index in [4.69, 9.17) is 9.47 Å². The second-order valence-corrected chi connectivity index (χ2v) is 8.52. The van der Waals surface area contributed by atoms with Crippen LogP contribution in [0.3, 0.4) is 0 Å². The Hall–Kier alpha value is -2.60. The Bertz CT molecular complexity index is 1100. The highest BCUT2D eigenvalue weighted by Gasteiger charge is 2.20. The van der Waals surface area contributed by atoms with Gasteiger partial charge in [-0.05, 0) is 54.5 Å². The smallest absolute Gasteiger partial charge is 0.260 e.